The van der Waals surface area contributed by atoms with Crippen LogP contribution in [0.2, 0.25) is 0 Å². The van der Waals surface area contributed by atoms with Crippen molar-refractivity contribution in [2.45, 2.75) is 0 Å². The standard InChI is InChI=1S/C42H23N3OS/c1-2-13-25(14-3-1)37-40-38(34-26-15-5-4-12-24(26)22-23-32(34)46-40)44-42(43-37)45-31-20-10-8-18-29(31)35-36-30-19-9-11-21-33(30)47-41(36)28-17-7-6-16-27(28)39(35)45/h1-23H. The maximum atomic E-state index is 6.63. The molecule has 0 spiro atoms. The van der Waals surface area contributed by atoms with Crippen LogP contribution in [-0.2, 0) is 0 Å². The molecule has 0 aliphatic carbocycles. The fraction of sp³-hybridized carbons (Fsp3) is 0. The lowest BCUT2D eigenvalue weighted by Crippen LogP contribution is -2.03. The van der Waals surface area contributed by atoms with Crippen LogP contribution in [0.1, 0.15) is 0 Å². The van der Waals surface area contributed by atoms with Crippen LogP contribution in [0.15, 0.2) is 144 Å². The van der Waals surface area contributed by atoms with Gasteiger partial charge in [-0.25, -0.2) is 9.97 Å². The molecule has 4 heterocycles. The predicted molar refractivity (Wildman–Crippen MR) is 197 cm³/mol. The quantitative estimate of drug-likeness (QED) is 0.194. The maximum Gasteiger partial charge on any atom is 0.236 e. The molecule has 5 heteroatoms. The van der Waals surface area contributed by atoms with Crippen molar-refractivity contribution in [3.05, 3.63) is 140 Å². The number of rotatable bonds is 2. The molecule has 0 atom stereocenters. The van der Waals surface area contributed by atoms with E-state index in [-0.39, 0.29) is 0 Å². The molecule has 0 saturated carbocycles. The van der Waals surface area contributed by atoms with Crippen LogP contribution in [0.3, 0.4) is 0 Å². The Labute approximate surface area is 271 Å². The van der Waals surface area contributed by atoms with E-state index in [0.29, 0.717) is 11.5 Å². The smallest absolute Gasteiger partial charge is 0.236 e. The molecule has 0 unspecified atom stereocenters. The zero-order valence-corrected chi connectivity index (χ0v) is 25.8. The number of hydrogen-bond donors (Lipinski definition) is 0. The lowest BCUT2D eigenvalue weighted by atomic mass is 10.00. The molecule has 218 valence electrons. The van der Waals surface area contributed by atoms with Crippen molar-refractivity contribution in [2.75, 3.05) is 0 Å². The van der Waals surface area contributed by atoms with Crippen molar-refractivity contribution in [2.24, 2.45) is 0 Å². The van der Waals surface area contributed by atoms with Gasteiger partial charge in [-0.1, -0.05) is 121 Å². The van der Waals surface area contributed by atoms with E-state index in [2.05, 4.69) is 126 Å². The first-order valence-electron chi connectivity index (χ1n) is 15.8. The zero-order valence-electron chi connectivity index (χ0n) is 24.9. The number of hydrogen-bond acceptors (Lipinski definition) is 4. The summed E-state index contributed by atoms with van der Waals surface area (Å²) >= 11 is 1.87. The summed E-state index contributed by atoms with van der Waals surface area (Å²) in [5.74, 6) is 0.627. The lowest BCUT2D eigenvalue weighted by Gasteiger charge is -2.11. The molecule has 0 radical (unpaired) electrons. The van der Waals surface area contributed by atoms with E-state index in [9.17, 15) is 0 Å². The fourth-order valence-corrected chi connectivity index (χ4v) is 8.86. The van der Waals surface area contributed by atoms with Gasteiger partial charge in [-0.05, 0) is 29.0 Å². The highest BCUT2D eigenvalue weighted by Crippen LogP contribution is 2.48. The van der Waals surface area contributed by atoms with Crippen LogP contribution in [-0.4, -0.2) is 14.5 Å². The molecule has 11 aromatic rings. The SMILES string of the molecule is c1ccc(-c2nc(-n3c4ccccc4c4c5c6ccccc6sc5c5ccccc5c43)nc3c2oc2ccc4ccccc4c23)cc1. The topological polar surface area (TPSA) is 43.9 Å². The molecule has 7 aromatic carbocycles. The van der Waals surface area contributed by atoms with Gasteiger partial charge in [0, 0.05) is 47.3 Å². The van der Waals surface area contributed by atoms with E-state index in [1.165, 1.54) is 41.7 Å². The highest BCUT2D eigenvalue weighted by molar-refractivity contribution is 7.27. The van der Waals surface area contributed by atoms with Gasteiger partial charge < -0.3 is 4.42 Å². The van der Waals surface area contributed by atoms with E-state index < -0.39 is 0 Å². The summed E-state index contributed by atoms with van der Waals surface area (Å²) in [7, 11) is 0. The molecule has 0 aliphatic heterocycles. The van der Waals surface area contributed by atoms with Gasteiger partial charge in [0.2, 0.25) is 5.95 Å². The Kier molecular flexibility index (Phi) is 4.96. The normalized spacial score (nSPS) is 12.3. The highest BCUT2D eigenvalue weighted by atomic mass is 32.1. The number of aromatic nitrogens is 3. The maximum absolute atomic E-state index is 6.63. The second-order valence-electron chi connectivity index (χ2n) is 12.1. The zero-order chi connectivity index (χ0) is 30.6. The van der Waals surface area contributed by atoms with Crippen molar-refractivity contribution in [1.29, 1.82) is 0 Å². The van der Waals surface area contributed by atoms with Crippen LogP contribution in [0, 0.1) is 0 Å². The lowest BCUT2D eigenvalue weighted by molar-refractivity contribution is 0.667. The Bertz CT molecular complexity index is 3080. The summed E-state index contributed by atoms with van der Waals surface area (Å²) in [5, 5.41) is 10.7. The number of furan rings is 1. The first-order chi connectivity index (χ1) is 23.3. The molecule has 0 amide bonds. The second-order valence-corrected chi connectivity index (χ2v) is 13.2. The minimum atomic E-state index is 0.627. The Hall–Kier alpha value is -6.04. The van der Waals surface area contributed by atoms with Crippen molar-refractivity contribution < 1.29 is 4.42 Å². The predicted octanol–water partition coefficient (Wildman–Crippen LogP) is 11.8. The Morgan fingerprint density at radius 1 is 0.532 bits per heavy atom. The van der Waals surface area contributed by atoms with E-state index in [4.69, 9.17) is 14.4 Å². The summed E-state index contributed by atoms with van der Waals surface area (Å²) in [6.45, 7) is 0. The largest absolute Gasteiger partial charge is 0.452 e. The van der Waals surface area contributed by atoms with Crippen LogP contribution in [0.4, 0.5) is 0 Å². The summed E-state index contributed by atoms with van der Waals surface area (Å²) < 4.78 is 11.5. The van der Waals surface area contributed by atoms with Gasteiger partial charge in [-0.3, -0.25) is 4.57 Å². The van der Waals surface area contributed by atoms with E-state index in [1.807, 2.05) is 29.5 Å². The molecule has 11 rings (SSSR count). The molecule has 0 aliphatic rings. The third-order valence-corrected chi connectivity index (χ3v) is 10.8. The van der Waals surface area contributed by atoms with Crippen molar-refractivity contribution >= 4 is 96.9 Å². The minimum Gasteiger partial charge on any atom is -0.452 e. The van der Waals surface area contributed by atoms with Crippen LogP contribution >= 0.6 is 11.3 Å². The van der Waals surface area contributed by atoms with Gasteiger partial charge in [0.1, 0.15) is 16.8 Å². The molecule has 4 nitrogen and oxygen atoms in total. The number of para-hydroxylation sites is 1. The number of benzene rings is 7. The first kappa shape index (κ1) is 25.2. The molecule has 0 fully saturated rings. The van der Waals surface area contributed by atoms with Crippen LogP contribution in [0.25, 0.3) is 103 Å². The third kappa shape index (κ3) is 3.36. The second kappa shape index (κ2) is 9.25. The average molecular weight is 618 g/mol. The summed E-state index contributed by atoms with van der Waals surface area (Å²) in [6, 6.07) is 49.2. The van der Waals surface area contributed by atoms with Crippen molar-refractivity contribution in [3.63, 3.8) is 0 Å². The van der Waals surface area contributed by atoms with Crippen LogP contribution < -0.4 is 0 Å². The minimum absolute atomic E-state index is 0.627. The van der Waals surface area contributed by atoms with E-state index in [1.54, 1.807) is 0 Å². The van der Waals surface area contributed by atoms with Gasteiger partial charge in [-0.15, -0.1) is 11.3 Å². The summed E-state index contributed by atoms with van der Waals surface area (Å²) in [5.41, 5.74) is 6.28. The van der Waals surface area contributed by atoms with Gasteiger partial charge in [0.05, 0.1) is 16.4 Å². The van der Waals surface area contributed by atoms with Gasteiger partial charge in [0.25, 0.3) is 0 Å². The number of thiophene rings is 1. The van der Waals surface area contributed by atoms with Gasteiger partial charge in [0.15, 0.2) is 5.58 Å². The van der Waals surface area contributed by atoms with Crippen molar-refractivity contribution in [1.82, 2.24) is 14.5 Å². The third-order valence-electron chi connectivity index (χ3n) is 9.59. The van der Waals surface area contributed by atoms with Crippen LogP contribution in [0.5, 0.6) is 0 Å². The number of nitrogens with zero attached hydrogens (tertiary/aromatic N) is 3. The van der Waals surface area contributed by atoms with E-state index in [0.717, 1.165) is 49.5 Å². The molecule has 0 bridgehead atoms. The molecule has 0 saturated heterocycles. The molecular weight excluding hydrogens is 595 g/mol. The Balaban J connectivity index is 1.39. The monoisotopic (exact) mass is 617 g/mol. The summed E-state index contributed by atoms with van der Waals surface area (Å²) in [6.07, 6.45) is 0. The summed E-state index contributed by atoms with van der Waals surface area (Å²) in [4.78, 5) is 10.8. The molecule has 4 aromatic heterocycles. The molecule has 47 heavy (non-hydrogen) atoms. The Morgan fingerprint density at radius 2 is 1.23 bits per heavy atom. The number of fused-ring (bicyclic) bond motifs is 15. The average Bonchev–Trinajstić information content (AvgIpc) is 3.82. The van der Waals surface area contributed by atoms with Gasteiger partial charge >= 0.3 is 0 Å². The Morgan fingerprint density at radius 3 is 2.11 bits per heavy atom. The highest BCUT2D eigenvalue weighted by Gasteiger charge is 2.25. The fourth-order valence-electron chi connectivity index (χ4n) is 7.61. The molecule has 0 N–H and O–H groups in total. The first-order valence-corrected chi connectivity index (χ1v) is 16.6. The van der Waals surface area contributed by atoms with E-state index >= 15 is 0 Å². The molecular formula is C42H23N3OS. The van der Waals surface area contributed by atoms with Gasteiger partial charge in [-0.2, -0.15) is 0 Å². The van der Waals surface area contributed by atoms with Crippen molar-refractivity contribution in [3.8, 4) is 17.2 Å².